The molecule has 2 N–H and O–H groups in total. The number of rotatable bonds is 3. The molecule has 0 unspecified atom stereocenters. The molecule has 1 amide bonds. The van der Waals surface area contributed by atoms with Gasteiger partial charge in [-0.1, -0.05) is 55.2 Å². The maximum absolute atomic E-state index is 12.9. The van der Waals surface area contributed by atoms with Crippen molar-refractivity contribution in [2.24, 2.45) is 11.8 Å². The van der Waals surface area contributed by atoms with Crippen LogP contribution in [0.2, 0.25) is 10.0 Å². The fourth-order valence-corrected chi connectivity index (χ4v) is 4.97. The van der Waals surface area contributed by atoms with Gasteiger partial charge in [-0.15, -0.1) is 0 Å². The van der Waals surface area contributed by atoms with Crippen LogP contribution in [-0.4, -0.2) is 16.6 Å². The first-order valence-corrected chi connectivity index (χ1v) is 10.9. The number of carbonyl (C=O) groups is 1. The third kappa shape index (κ3) is 3.67. The molecule has 3 nitrogen and oxygen atoms in total. The van der Waals surface area contributed by atoms with E-state index in [4.69, 9.17) is 23.2 Å². The lowest BCUT2D eigenvalue weighted by Gasteiger charge is -2.38. The van der Waals surface area contributed by atoms with Gasteiger partial charge in [-0.05, 0) is 72.9 Å². The smallest absolute Gasteiger partial charge is 0.256 e. The number of amides is 1. The van der Waals surface area contributed by atoms with Gasteiger partial charge in [-0.2, -0.15) is 0 Å². The van der Waals surface area contributed by atoms with Crippen molar-refractivity contribution in [1.82, 2.24) is 5.32 Å². The van der Waals surface area contributed by atoms with Crippen molar-refractivity contribution >= 4 is 34.7 Å². The van der Waals surface area contributed by atoms with Gasteiger partial charge in [0.2, 0.25) is 0 Å². The van der Waals surface area contributed by atoms with Gasteiger partial charge in [0.25, 0.3) is 5.91 Å². The monoisotopic (exact) mass is 429 g/mol. The molecule has 1 aliphatic carbocycles. The van der Waals surface area contributed by atoms with Gasteiger partial charge < -0.3 is 10.4 Å². The Kier molecular flexibility index (Phi) is 5.39. The Morgan fingerprint density at radius 1 is 1.03 bits per heavy atom. The Balaban J connectivity index is 1.72. The summed E-state index contributed by atoms with van der Waals surface area (Å²) < 4.78 is 0. The zero-order chi connectivity index (χ0) is 20.8. The number of halogens is 2. The first-order chi connectivity index (χ1) is 13.8. The van der Waals surface area contributed by atoms with Crippen LogP contribution < -0.4 is 5.32 Å². The lowest BCUT2D eigenvalue weighted by molar-refractivity contribution is -0.116. The van der Waals surface area contributed by atoms with Crippen molar-refractivity contribution in [3.8, 4) is 11.1 Å². The molecule has 2 aromatic rings. The van der Waals surface area contributed by atoms with E-state index in [0.29, 0.717) is 33.0 Å². The van der Waals surface area contributed by atoms with Crippen LogP contribution in [0.4, 0.5) is 0 Å². The molecule has 1 fully saturated rings. The predicted octanol–water partition coefficient (Wildman–Crippen LogP) is 6.64. The number of carbonyl (C=O) groups excluding carboxylic acids is 1. The second kappa shape index (κ2) is 7.70. The van der Waals surface area contributed by atoms with E-state index in [9.17, 15) is 9.90 Å². The van der Waals surface area contributed by atoms with Gasteiger partial charge in [0.1, 0.15) is 5.76 Å². The maximum Gasteiger partial charge on any atom is 0.256 e. The fraction of sp³-hybridized carbons (Fsp3) is 0.375. The summed E-state index contributed by atoms with van der Waals surface area (Å²) in [6.07, 6.45) is 3.50. The predicted molar refractivity (Wildman–Crippen MR) is 119 cm³/mol. The highest BCUT2D eigenvalue weighted by Crippen LogP contribution is 2.45. The van der Waals surface area contributed by atoms with Crippen molar-refractivity contribution in [2.45, 2.75) is 45.1 Å². The SMILES string of the molecule is CC(C)C1CCC2(CC1)NC(=O)C(c1cc(-c3ccc(Cl)cc3)ccc1Cl)=C2O. The van der Waals surface area contributed by atoms with Crippen LogP contribution in [0.5, 0.6) is 0 Å². The molecule has 1 saturated carbocycles. The first-order valence-electron chi connectivity index (χ1n) is 10.1. The van der Waals surface area contributed by atoms with E-state index in [1.165, 1.54) is 0 Å². The number of nitrogens with one attached hydrogen (secondary N) is 1. The molecule has 4 rings (SSSR count). The van der Waals surface area contributed by atoms with Crippen molar-refractivity contribution in [2.75, 3.05) is 0 Å². The molecular formula is C24H25Cl2NO2. The maximum atomic E-state index is 12.9. The number of aliphatic hydroxyl groups excluding tert-OH is 1. The van der Waals surface area contributed by atoms with E-state index in [-0.39, 0.29) is 11.7 Å². The zero-order valence-electron chi connectivity index (χ0n) is 16.6. The van der Waals surface area contributed by atoms with Crippen LogP contribution >= 0.6 is 23.2 Å². The van der Waals surface area contributed by atoms with E-state index in [0.717, 1.165) is 36.8 Å². The highest BCUT2D eigenvalue weighted by atomic mass is 35.5. The average molecular weight is 430 g/mol. The third-order valence-electron chi connectivity index (χ3n) is 6.51. The van der Waals surface area contributed by atoms with Gasteiger partial charge in [-0.25, -0.2) is 0 Å². The minimum Gasteiger partial charge on any atom is -0.509 e. The summed E-state index contributed by atoms with van der Waals surface area (Å²) >= 11 is 12.5. The summed E-state index contributed by atoms with van der Waals surface area (Å²) in [4.78, 5) is 12.9. The summed E-state index contributed by atoms with van der Waals surface area (Å²) in [5, 5.41) is 15.4. The summed E-state index contributed by atoms with van der Waals surface area (Å²) in [6, 6.07) is 13.0. The van der Waals surface area contributed by atoms with Gasteiger partial charge in [0.15, 0.2) is 0 Å². The Bertz CT molecular complexity index is 971. The molecule has 0 atom stereocenters. The van der Waals surface area contributed by atoms with E-state index >= 15 is 0 Å². The van der Waals surface area contributed by atoms with Gasteiger partial charge >= 0.3 is 0 Å². The highest BCUT2D eigenvalue weighted by molar-refractivity contribution is 6.36. The average Bonchev–Trinajstić information content (AvgIpc) is 2.93. The quantitative estimate of drug-likeness (QED) is 0.573. The zero-order valence-corrected chi connectivity index (χ0v) is 18.1. The second-order valence-corrected chi connectivity index (χ2v) is 9.39. The van der Waals surface area contributed by atoms with Crippen LogP contribution in [0, 0.1) is 11.8 Å². The molecule has 29 heavy (non-hydrogen) atoms. The van der Waals surface area contributed by atoms with Gasteiger partial charge in [0, 0.05) is 15.6 Å². The molecule has 2 aliphatic rings. The highest BCUT2D eigenvalue weighted by Gasteiger charge is 2.48. The number of aliphatic hydroxyl groups is 1. The molecule has 2 aromatic carbocycles. The summed E-state index contributed by atoms with van der Waals surface area (Å²) in [5.74, 6) is 1.13. The largest absolute Gasteiger partial charge is 0.509 e. The number of hydrogen-bond acceptors (Lipinski definition) is 2. The van der Waals surface area contributed by atoms with E-state index in [2.05, 4.69) is 19.2 Å². The minimum atomic E-state index is -0.655. The standard InChI is InChI=1S/C24H25Cl2NO2/c1-14(2)15-9-11-24(12-10-15)22(28)21(23(29)27-24)19-13-17(5-8-20(19)26)16-3-6-18(25)7-4-16/h3-8,13-15,28H,9-12H2,1-2H3,(H,27,29). The van der Waals surface area contributed by atoms with Gasteiger partial charge in [0.05, 0.1) is 11.1 Å². The fourth-order valence-electron chi connectivity index (χ4n) is 4.64. The Morgan fingerprint density at radius 2 is 1.66 bits per heavy atom. The molecule has 5 heteroatoms. The van der Waals surface area contributed by atoms with Crippen molar-refractivity contribution in [3.63, 3.8) is 0 Å². The van der Waals surface area contributed by atoms with Crippen molar-refractivity contribution in [3.05, 3.63) is 63.8 Å². The normalized spacial score (nSPS) is 24.4. The van der Waals surface area contributed by atoms with Crippen LogP contribution in [0.1, 0.15) is 45.1 Å². The Hall–Kier alpha value is -1.97. The molecule has 1 aliphatic heterocycles. The van der Waals surface area contributed by atoms with E-state index in [1.54, 1.807) is 6.07 Å². The lowest BCUT2D eigenvalue weighted by atomic mass is 9.72. The molecule has 152 valence electrons. The Labute approximate surface area is 181 Å². The van der Waals surface area contributed by atoms with Crippen LogP contribution in [0.3, 0.4) is 0 Å². The van der Waals surface area contributed by atoms with Crippen molar-refractivity contribution < 1.29 is 9.90 Å². The molecule has 0 bridgehead atoms. The second-order valence-electron chi connectivity index (χ2n) is 8.54. The molecule has 1 heterocycles. The Morgan fingerprint density at radius 3 is 2.28 bits per heavy atom. The van der Waals surface area contributed by atoms with E-state index in [1.807, 2.05) is 36.4 Å². The molecule has 0 aromatic heterocycles. The van der Waals surface area contributed by atoms with Crippen LogP contribution in [0.15, 0.2) is 48.2 Å². The summed E-state index contributed by atoms with van der Waals surface area (Å²) in [6.45, 7) is 4.47. The molecular weight excluding hydrogens is 405 g/mol. The molecule has 0 saturated heterocycles. The minimum absolute atomic E-state index is 0.139. The third-order valence-corrected chi connectivity index (χ3v) is 7.09. The lowest BCUT2D eigenvalue weighted by Crippen LogP contribution is -2.47. The molecule has 1 spiro atoms. The topological polar surface area (TPSA) is 49.3 Å². The van der Waals surface area contributed by atoms with E-state index < -0.39 is 5.54 Å². The first kappa shape index (κ1) is 20.3. The number of hydrogen-bond donors (Lipinski definition) is 2. The number of benzene rings is 2. The summed E-state index contributed by atoms with van der Waals surface area (Å²) in [7, 11) is 0. The van der Waals surface area contributed by atoms with Gasteiger partial charge in [-0.3, -0.25) is 4.79 Å². The van der Waals surface area contributed by atoms with Crippen molar-refractivity contribution in [1.29, 1.82) is 0 Å². The van der Waals surface area contributed by atoms with Crippen LogP contribution in [0.25, 0.3) is 16.7 Å². The molecule has 0 radical (unpaired) electrons. The summed E-state index contributed by atoms with van der Waals surface area (Å²) in [5.41, 5.74) is 2.10. The van der Waals surface area contributed by atoms with Crippen LogP contribution in [-0.2, 0) is 4.79 Å².